The number of amides is 1. The maximum Gasteiger partial charge on any atom is 0.412 e. The second-order valence-electron chi connectivity index (χ2n) is 7.65. The second-order valence-corrected chi connectivity index (χ2v) is 8.56. The van der Waals surface area contributed by atoms with E-state index < -0.39 is 0 Å². The topological polar surface area (TPSA) is 41.6 Å². The Kier molecular flexibility index (Phi) is 5.76. The Labute approximate surface area is 176 Å². The van der Waals surface area contributed by atoms with Gasteiger partial charge in [0.15, 0.2) is 0 Å². The molecule has 1 unspecified atom stereocenters. The van der Waals surface area contributed by atoms with Gasteiger partial charge in [0, 0.05) is 40.6 Å². The Hall–Kier alpha value is -2.53. The van der Waals surface area contributed by atoms with E-state index in [1.54, 1.807) is 11.3 Å². The van der Waals surface area contributed by atoms with Gasteiger partial charge >= 0.3 is 6.09 Å². The molecule has 0 spiro atoms. The lowest BCUT2D eigenvalue weighted by molar-refractivity contribution is 0.0986. The highest BCUT2D eigenvalue weighted by molar-refractivity contribution is 7.17. The molecule has 3 aromatic rings. The van der Waals surface area contributed by atoms with Gasteiger partial charge in [0.25, 0.3) is 0 Å². The van der Waals surface area contributed by atoms with E-state index in [0.717, 1.165) is 42.7 Å². The van der Waals surface area contributed by atoms with Crippen LogP contribution < -0.4 is 10.2 Å². The minimum atomic E-state index is -0.379. The number of nitrogens with one attached hydrogen (secondary N) is 1. The molecule has 4 nitrogen and oxygen atoms in total. The number of hydrogen-bond acceptors (Lipinski definition) is 4. The number of nitrogens with zero attached hydrogens (tertiary/aromatic N) is 1. The van der Waals surface area contributed by atoms with Crippen LogP contribution >= 0.6 is 11.3 Å². The Morgan fingerprint density at radius 3 is 2.66 bits per heavy atom. The molecule has 1 amide bonds. The number of fused-ring (bicyclic) bond motifs is 1. The third-order valence-electron chi connectivity index (χ3n) is 5.68. The fourth-order valence-electron chi connectivity index (χ4n) is 3.86. The van der Waals surface area contributed by atoms with Gasteiger partial charge in [0.05, 0.1) is 0 Å². The summed E-state index contributed by atoms with van der Waals surface area (Å²) in [6.45, 7) is 8.24. The summed E-state index contributed by atoms with van der Waals surface area (Å²) in [5, 5.41) is 6.30. The average molecular weight is 409 g/mol. The zero-order chi connectivity index (χ0) is 20.4. The van der Waals surface area contributed by atoms with E-state index in [0.29, 0.717) is 5.92 Å². The number of rotatable bonds is 7. The molecule has 0 bridgehead atoms. The first kappa shape index (κ1) is 19.8. The highest BCUT2D eigenvalue weighted by Gasteiger charge is 2.36. The van der Waals surface area contributed by atoms with Crippen LogP contribution in [-0.4, -0.2) is 19.2 Å². The van der Waals surface area contributed by atoms with Gasteiger partial charge in [-0.25, -0.2) is 4.79 Å². The van der Waals surface area contributed by atoms with Crippen molar-refractivity contribution in [3.05, 3.63) is 59.0 Å². The van der Waals surface area contributed by atoms with Crippen LogP contribution in [0.1, 0.15) is 43.9 Å². The van der Waals surface area contributed by atoms with Crippen molar-refractivity contribution in [3.8, 4) is 0 Å². The molecule has 1 heterocycles. The highest BCUT2D eigenvalue weighted by Crippen LogP contribution is 2.46. The fraction of sp³-hybridized carbons (Fsp3) is 0.375. The number of benzene rings is 2. The number of aryl methyl sites for hydroxylation is 1. The molecule has 152 valence electrons. The zero-order valence-corrected chi connectivity index (χ0v) is 18.1. The minimum absolute atomic E-state index is 0.179. The normalized spacial score (nSPS) is 14.6. The maximum absolute atomic E-state index is 12.7. The van der Waals surface area contributed by atoms with Gasteiger partial charge in [-0.3, -0.25) is 5.32 Å². The lowest BCUT2D eigenvalue weighted by Gasteiger charge is -2.22. The fourth-order valence-corrected chi connectivity index (χ4v) is 4.84. The zero-order valence-electron chi connectivity index (χ0n) is 17.3. The minimum Gasteiger partial charge on any atom is -0.441 e. The largest absolute Gasteiger partial charge is 0.441 e. The van der Waals surface area contributed by atoms with Gasteiger partial charge in [0.2, 0.25) is 0 Å². The molecule has 1 fully saturated rings. The van der Waals surface area contributed by atoms with Gasteiger partial charge in [0.1, 0.15) is 6.10 Å². The SMILES string of the molecule is CCN(CC)c1ccc(NC(=O)OC(c2csc3ccccc23)C2CC2)c(C)c1. The summed E-state index contributed by atoms with van der Waals surface area (Å²) in [6, 6.07) is 14.5. The predicted octanol–water partition coefficient (Wildman–Crippen LogP) is 6.76. The third kappa shape index (κ3) is 4.25. The van der Waals surface area contributed by atoms with Crippen molar-refractivity contribution in [2.75, 3.05) is 23.3 Å². The molecule has 1 aliphatic rings. The highest BCUT2D eigenvalue weighted by atomic mass is 32.1. The molecule has 2 aromatic carbocycles. The Morgan fingerprint density at radius 1 is 1.21 bits per heavy atom. The summed E-state index contributed by atoms with van der Waals surface area (Å²) in [5.74, 6) is 0.421. The molecule has 1 N–H and O–H groups in total. The first-order valence-corrected chi connectivity index (χ1v) is 11.3. The van der Waals surface area contributed by atoms with E-state index >= 15 is 0 Å². The van der Waals surface area contributed by atoms with Gasteiger partial charge in [-0.1, -0.05) is 18.2 Å². The summed E-state index contributed by atoms with van der Waals surface area (Å²) < 4.78 is 7.19. The second kappa shape index (κ2) is 8.46. The number of hydrogen-bond donors (Lipinski definition) is 1. The van der Waals surface area contributed by atoms with Crippen molar-refractivity contribution in [2.45, 2.75) is 39.7 Å². The van der Waals surface area contributed by atoms with Crippen LogP contribution in [0.2, 0.25) is 0 Å². The van der Waals surface area contributed by atoms with E-state index in [2.05, 4.69) is 53.7 Å². The van der Waals surface area contributed by atoms with Crippen molar-refractivity contribution >= 4 is 38.9 Å². The van der Waals surface area contributed by atoms with Crippen molar-refractivity contribution < 1.29 is 9.53 Å². The summed E-state index contributed by atoms with van der Waals surface area (Å²) in [6.07, 6.45) is 1.66. The molecular weight excluding hydrogens is 380 g/mol. The molecule has 1 atom stereocenters. The Bertz CT molecular complexity index is 1010. The smallest absolute Gasteiger partial charge is 0.412 e. The summed E-state index contributed by atoms with van der Waals surface area (Å²) in [7, 11) is 0. The van der Waals surface area contributed by atoms with Crippen molar-refractivity contribution in [1.29, 1.82) is 0 Å². The summed E-state index contributed by atoms with van der Waals surface area (Å²) in [5.41, 5.74) is 4.15. The van der Waals surface area contributed by atoms with Crippen LogP contribution in [0.4, 0.5) is 16.2 Å². The summed E-state index contributed by atoms with van der Waals surface area (Å²) in [4.78, 5) is 15.0. The lowest BCUT2D eigenvalue weighted by Crippen LogP contribution is -2.22. The van der Waals surface area contributed by atoms with E-state index in [1.165, 1.54) is 15.8 Å². The average Bonchev–Trinajstić information content (AvgIpc) is 3.48. The molecule has 1 saturated carbocycles. The number of carbonyl (C=O) groups is 1. The van der Waals surface area contributed by atoms with E-state index in [9.17, 15) is 4.79 Å². The molecule has 0 radical (unpaired) electrons. The van der Waals surface area contributed by atoms with Gasteiger partial charge < -0.3 is 9.64 Å². The van der Waals surface area contributed by atoms with Crippen LogP contribution in [0.3, 0.4) is 0 Å². The number of thiophene rings is 1. The number of ether oxygens (including phenoxy) is 1. The van der Waals surface area contributed by atoms with Crippen LogP contribution in [0, 0.1) is 12.8 Å². The van der Waals surface area contributed by atoms with Crippen LogP contribution in [0.5, 0.6) is 0 Å². The van der Waals surface area contributed by atoms with Gasteiger partial charge in [-0.05, 0) is 74.2 Å². The maximum atomic E-state index is 12.7. The molecule has 1 aliphatic carbocycles. The van der Waals surface area contributed by atoms with Gasteiger partial charge in [-0.2, -0.15) is 0 Å². The molecule has 29 heavy (non-hydrogen) atoms. The third-order valence-corrected chi connectivity index (χ3v) is 6.66. The lowest BCUT2D eigenvalue weighted by atomic mass is 10.0. The quantitative estimate of drug-likeness (QED) is 0.470. The van der Waals surface area contributed by atoms with Crippen molar-refractivity contribution in [3.63, 3.8) is 0 Å². The van der Waals surface area contributed by atoms with Crippen LogP contribution in [0.25, 0.3) is 10.1 Å². The van der Waals surface area contributed by atoms with Gasteiger partial charge in [-0.15, -0.1) is 11.3 Å². The molecule has 4 rings (SSSR count). The Balaban J connectivity index is 1.49. The van der Waals surface area contributed by atoms with Crippen LogP contribution in [0.15, 0.2) is 47.8 Å². The number of anilines is 2. The molecule has 1 aromatic heterocycles. The number of carbonyl (C=O) groups excluding carboxylic acids is 1. The van der Waals surface area contributed by atoms with E-state index in [1.807, 2.05) is 25.1 Å². The predicted molar refractivity (Wildman–Crippen MR) is 122 cm³/mol. The van der Waals surface area contributed by atoms with Crippen molar-refractivity contribution in [1.82, 2.24) is 0 Å². The first-order chi connectivity index (χ1) is 14.1. The van der Waals surface area contributed by atoms with E-state index in [-0.39, 0.29) is 12.2 Å². The first-order valence-electron chi connectivity index (χ1n) is 10.4. The Morgan fingerprint density at radius 2 is 1.97 bits per heavy atom. The van der Waals surface area contributed by atoms with Crippen molar-refractivity contribution in [2.24, 2.45) is 5.92 Å². The standard InChI is InChI=1S/C24H28N2O2S/c1-4-26(5-2)18-12-13-21(16(3)14-18)25-24(27)28-23(17-10-11-17)20-15-29-22-9-7-6-8-19(20)22/h6-9,12-15,17,23H,4-5,10-11H2,1-3H3,(H,25,27). The summed E-state index contributed by atoms with van der Waals surface area (Å²) >= 11 is 1.71. The molecule has 0 saturated heterocycles. The molecular formula is C24H28N2O2S. The van der Waals surface area contributed by atoms with Crippen LogP contribution in [-0.2, 0) is 4.74 Å². The monoisotopic (exact) mass is 408 g/mol. The van der Waals surface area contributed by atoms with E-state index in [4.69, 9.17) is 4.74 Å². The molecule has 5 heteroatoms. The molecule has 0 aliphatic heterocycles.